The minimum Gasteiger partial charge on any atom is -0.384 e. The molecule has 106 valence electrons. The van der Waals surface area contributed by atoms with Crippen molar-refractivity contribution in [2.24, 2.45) is 0 Å². The van der Waals surface area contributed by atoms with Crippen molar-refractivity contribution in [3.05, 3.63) is 41.7 Å². The molecule has 4 heteroatoms. The summed E-state index contributed by atoms with van der Waals surface area (Å²) in [6.07, 6.45) is 1.86. The second kappa shape index (κ2) is 6.37. The number of hydrogen-bond acceptors (Lipinski definition) is 4. The van der Waals surface area contributed by atoms with E-state index in [1.54, 1.807) is 0 Å². The highest BCUT2D eigenvalue weighted by Crippen LogP contribution is 2.27. The summed E-state index contributed by atoms with van der Waals surface area (Å²) < 4.78 is 0. The van der Waals surface area contributed by atoms with Crippen LogP contribution < -0.4 is 10.6 Å². The Bertz CT molecular complexity index is 580. The second-order valence-corrected chi connectivity index (χ2v) is 4.85. The van der Waals surface area contributed by atoms with Gasteiger partial charge in [0.25, 0.3) is 0 Å². The second-order valence-electron chi connectivity index (χ2n) is 4.85. The molecule has 0 aliphatic heterocycles. The summed E-state index contributed by atoms with van der Waals surface area (Å²) in [6.45, 7) is 7.18. The largest absolute Gasteiger partial charge is 0.384 e. The molecular weight excluding hydrogens is 248 g/mol. The van der Waals surface area contributed by atoms with Crippen molar-refractivity contribution in [1.29, 1.82) is 0 Å². The van der Waals surface area contributed by atoms with Gasteiger partial charge in [-0.1, -0.05) is 25.1 Å². The average molecular weight is 270 g/mol. The molecule has 0 bridgehead atoms. The first-order valence-corrected chi connectivity index (χ1v) is 7.12. The summed E-state index contributed by atoms with van der Waals surface area (Å²) in [7, 11) is 0. The molecule has 0 saturated heterocycles. The van der Waals surface area contributed by atoms with Crippen molar-refractivity contribution >= 4 is 17.3 Å². The summed E-state index contributed by atoms with van der Waals surface area (Å²) >= 11 is 0. The van der Waals surface area contributed by atoms with Crippen LogP contribution in [0.5, 0.6) is 0 Å². The molecule has 1 heterocycles. The molecule has 0 saturated carbocycles. The Balaban J connectivity index is 2.44. The molecule has 0 aliphatic carbocycles. The number of aryl methyl sites for hydroxylation is 2. The number of nitrogen functional groups attached to an aromatic ring is 1. The van der Waals surface area contributed by atoms with Gasteiger partial charge in [-0.25, -0.2) is 9.97 Å². The highest BCUT2D eigenvalue weighted by atomic mass is 15.2. The number of hydrogen-bond donors (Lipinski definition) is 1. The molecule has 0 atom stereocenters. The number of benzene rings is 1. The minimum atomic E-state index is 0.533. The Morgan fingerprint density at radius 2 is 1.90 bits per heavy atom. The molecular formula is C16H22N4. The van der Waals surface area contributed by atoms with E-state index in [2.05, 4.69) is 47.8 Å². The number of nitrogens with two attached hydrogens (primary N) is 1. The van der Waals surface area contributed by atoms with E-state index in [4.69, 9.17) is 5.73 Å². The third-order valence-corrected chi connectivity index (χ3v) is 3.25. The highest BCUT2D eigenvalue weighted by Gasteiger charge is 2.12. The Labute approximate surface area is 120 Å². The molecule has 0 spiro atoms. The lowest BCUT2D eigenvalue weighted by atomic mass is 10.2. The fourth-order valence-corrected chi connectivity index (χ4v) is 2.30. The minimum absolute atomic E-state index is 0.533. The van der Waals surface area contributed by atoms with Crippen LogP contribution >= 0.6 is 0 Å². The van der Waals surface area contributed by atoms with Crippen LogP contribution in [0.1, 0.15) is 31.7 Å². The average Bonchev–Trinajstić information content (AvgIpc) is 2.41. The predicted molar refractivity (Wildman–Crippen MR) is 84.3 cm³/mol. The smallest absolute Gasteiger partial charge is 0.138 e. The number of aromatic nitrogens is 2. The quantitative estimate of drug-likeness (QED) is 0.903. The molecule has 0 fully saturated rings. The van der Waals surface area contributed by atoms with Gasteiger partial charge in [-0.3, -0.25) is 0 Å². The zero-order valence-corrected chi connectivity index (χ0v) is 12.4. The molecule has 1 aromatic carbocycles. The van der Waals surface area contributed by atoms with Crippen LogP contribution in [-0.4, -0.2) is 16.5 Å². The van der Waals surface area contributed by atoms with Crippen molar-refractivity contribution in [2.45, 2.75) is 33.6 Å². The summed E-state index contributed by atoms with van der Waals surface area (Å²) in [5.41, 5.74) is 8.31. The normalized spacial score (nSPS) is 10.6. The third kappa shape index (κ3) is 3.07. The van der Waals surface area contributed by atoms with Gasteiger partial charge in [-0.05, 0) is 31.9 Å². The van der Waals surface area contributed by atoms with Crippen molar-refractivity contribution in [2.75, 3.05) is 17.2 Å². The molecule has 0 unspecified atom stereocenters. The zero-order valence-electron chi connectivity index (χ0n) is 12.4. The summed E-state index contributed by atoms with van der Waals surface area (Å²) in [5.74, 6) is 2.22. The molecule has 2 rings (SSSR count). The van der Waals surface area contributed by atoms with E-state index in [-0.39, 0.29) is 0 Å². The molecule has 2 N–H and O–H groups in total. The Kier molecular flexibility index (Phi) is 4.56. The first-order valence-electron chi connectivity index (χ1n) is 7.12. The van der Waals surface area contributed by atoms with Crippen LogP contribution in [-0.2, 0) is 6.42 Å². The van der Waals surface area contributed by atoms with Crippen LogP contribution in [0.3, 0.4) is 0 Å². The lowest BCUT2D eigenvalue weighted by molar-refractivity contribution is 0.828. The van der Waals surface area contributed by atoms with E-state index in [0.29, 0.717) is 5.82 Å². The van der Waals surface area contributed by atoms with Crippen LogP contribution in [0.2, 0.25) is 0 Å². The van der Waals surface area contributed by atoms with E-state index in [1.807, 2.05) is 18.2 Å². The van der Waals surface area contributed by atoms with Crippen LogP contribution in [0, 0.1) is 6.92 Å². The maximum Gasteiger partial charge on any atom is 0.138 e. The SMILES string of the molecule is CCCc1nc(N)cc(N(CC)c2ccccc2C)n1. The molecule has 0 aliphatic rings. The van der Waals surface area contributed by atoms with Gasteiger partial charge in [0.05, 0.1) is 0 Å². The van der Waals surface area contributed by atoms with Gasteiger partial charge >= 0.3 is 0 Å². The van der Waals surface area contributed by atoms with Crippen LogP contribution in [0.4, 0.5) is 17.3 Å². The van der Waals surface area contributed by atoms with Gasteiger partial charge in [0.15, 0.2) is 0 Å². The van der Waals surface area contributed by atoms with Gasteiger partial charge in [0.1, 0.15) is 17.5 Å². The Morgan fingerprint density at radius 1 is 1.15 bits per heavy atom. The van der Waals surface area contributed by atoms with E-state index in [0.717, 1.165) is 36.7 Å². The molecule has 0 amide bonds. The highest BCUT2D eigenvalue weighted by molar-refractivity contribution is 5.65. The maximum absolute atomic E-state index is 5.92. The van der Waals surface area contributed by atoms with Crippen LogP contribution in [0.25, 0.3) is 0 Å². The van der Waals surface area contributed by atoms with Crippen molar-refractivity contribution in [3.63, 3.8) is 0 Å². The Morgan fingerprint density at radius 3 is 2.55 bits per heavy atom. The fourth-order valence-electron chi connectivity index (χ4n) is 2.30. The van der Waals surface area contributed by atoms with E-state index >= 15 is 0 Å². The lowest BCUT2D eigenvalue weighted by Gasteiger charge is -2.24. The zero-order chi connectivity index (χ0) is 14.5. The van der Waals surface area contributed by atoms with Gasteiger partial charge in [-0.2, -0.15) is 0 Å². The first kappa shape index (κ1) is 14.3. The molecule has 4 nitrogen and oxygen atoms in total. The third-order valence-electron chi connectivity index (χ3n) is 3.25. The van der Waals surface area contributed by atoms with Gasteiger partial charge in [0, 0.05) is 24.7 Å². The van der Waals surface area contributed by atoms with Crippen molar-refractivity contribution in [1.82, 2.24) is 9.97 Å². The summed E-state index contributed by atoms with van der Waals surface area (Å²) in [4.78, 5) is 11.1. The predicted octanol–water partition coefficient (Wildman–Crippen LogP) is 3.48. The summed E-state index contributed by atoms with van der Waals surface area (Å²) in [6, 6.07) is 10.1. The van der Waals surface area contributed by atoms with E-state index < -0.39 is 0 Å². The lowest BCUT2D eigenvalue weighted by Crippen LogP contribution is -2.19. The standard InChI is InChI=1S/C16H22N4/c1-4-8-15-18-14(17)11-16(19-15)20(5-2)13-10-7-6-9-12(13)3/h6-7,9-11H,4-5,8H2,1-3H3,(H2,17,18,19). The molecule has 0 radical (unpaired) electrons. The van der Waals surface area contributed by atoms with Gasteiger partial charge < -0.3 is 10.6 Å². The fraction of sp³-hybridized carbons (Fsp3) is 0.375. The molecule has 20 heavy (non-hydrogen) atoms. The number of rotatable bonds is 5. The van der Waals surface area contributed by atoms with Gasteiger partial charge in [0.2, 0.25) is 0 Å². The Hall–Kier alpha value is -2.10. The van der Waals surface area contributed by atoms with Gasteiger partial charge in [-0.15, -0.1) is 0 Å². The molecule has 2 aromatic rings. The van der Waals surface area contributed by atoms with E-state index in [1.165, 1.54) is 5.56 Å². The molecule has 1 aromatic heterocycles. The maximum atomic E-state index is 5.92. The van der Waals surface area contributed by atoms with Crippen molar-refractivity contribution < 1.29 is 0 Å². The van der Waals surface area contributed by atoms with E-state index in [9.17, 15) is 0 Å². The number of anilines is 3. The van der Waals surface area contributed by atoms with Crippen molar-refractivity contribution in [3.8, 4) is 0 Å². The number of para-hydroxylation sites is 1. The first-order chi connectivity index (χ1) is 9.65. The van der Waals surface area contributed by atoms with Crippen LogP contribution in [0.15, 0.2) is 30.3 Å². The summed E-state index contributed by atoms with van der Waals surface area (Å²) in [5, 5.41) is 0. The topological polar surface area (TPSA) is 55.0 Å². The number of nitrogens with zero attached hydrogens (tertiary/aromatic N) is 3. The monoisotopic (exact) mass is 270 g/mol.